The highest BCUT2D eigenvalue weighted by Crippen LogP contribution is 2.39. The Bertz CT molecular complexity index is 2300. The number of amides is 2. The van der Waals surface area contributed by atoms with Crippen LogP contribution in [0.1, 0.15) is 89.2 Å². The van der Waals surface area contributed by atoms with Crippen molar-refractivity contribution in [2.24, 2.45) is 0 Å². The van der Waals surface area contributed by atoms with Crippen LogP contribution in [0.4, 0.5) is 16.4 Å². The Kier molecular flexibility index (Phi) is 11.6. The molecule has 13 heteroatoms. The van der Waals surface area contributed by atoms with E-state index in [0.29, 0.717) is 34.8 Å². The lowest BCUT2D eigenvalue weighted by Gasteiger charge is -2.24. The van der Waals surface area contributed by atoms with Crippen molar-refractivity contribution < 1.29 is 37.8 Å². The Morgan fingerprint density at radius 3 is 1.93 bits per heavy atom. The Labute approximate surface area is 317 Å². The fourth-order valence-electron chi connectivity index (χ4n) is 6.41. The van der Waals surface area contributed by atoms with Gasteiger partial charge in [0.05, 0.1) is 27.3 Å². The van der Waals surface area contributed by atoms with Crippen LogP contribution in [-0.2, 0) is 35.7 Å². The maximum Gasteiger partial charge on any atom is 0.335 e. The smallest absolute Gasteiger partial charge is 0.335 e. The largest absolute Gasteiger partial charge is 0.478 e. The highest BCUT2D eigenvalue weighted by atomic mass is 32.2. The molecule has 6 rings (SSSR count). The average molecular weight is 766 g/mol. The molecule has 278 valence electrons. The van der Waals surface area contributed by atoms with E-state index in [4.69, 9.17) is 5.11 Å². The van der Waals surface area contributed by atoms with Gasteiger partial charge in [-0.2, -0.15) is 0 Å². The molecule has 54 heavy (non-hydrogen) atoms. The molecule has 1 heterocycles. The van der Waals surface area contributed by atoms with Crippen molar-refractivity contribution in [3.63, 3.8) is 0 Å². The van der Waals surface area contributed by atoms with Gasteiger partial charge in [0, 0.05) is 22.7 Å². The lowest BCUT2D eigenvalue weighted by Crippen LogP contribution is -2.32. The number of thiophene rings is 1. The molecule has 0 spiro atoms. The molecular weight excluding hydrogens is 727 g/mol. The molecule has 0 aliphatic heterocycles. The highest BCUT2D eigenvalue weighted by Gasteiger charge is 2.29. The molecule has 5 aromatic rings. The first-order chi connectivity index (χ1) is 25.9. The number of fused-ring (bicyclic) bond motifs is 1. The standard InChI is InChI=1S/C41H39N3O8S2/c1-2-24-44(32-22-18-29(19-23-32)41(49)50)54(51,52)33-7-5-6-30(25-33)37(45)43-39-36(34-8-3-4-9-35(34)53-39)38(46)42-31-20-14-27(15-21-31)11-10-26-12-16-28(17-13-26)40(47)48/h5-7,12-23,25H,2-4,8-11,24H2,1H3,(H,42,46)(H,43,45)(H,47,48)(H,49,50). The number of anilines is 3. The van der Waals surface area contributed by atoms with Crippen LogP contribution in [0.5, 0.6) is 0 Å². The third kappa shape index (κ3) is 8.53. The van der Waals surface area contributed by atoms with Crippen molar-refractivity contribution in [1.82, 2.24) is 0 Å². The fraction of sp³-hybridized carbons (Fsp3) is 0.220. The zero-order valence-corrected chi connectivity index (χ0v) is 31.1. The van der Waals surface area contributed by atoms with E-state index in [1.165, 1.54) is 64.2 Å². The number of hydrogen-bond donors (Lipinski definition) is 4. The van der Waals surface area contributed by atoms with Crippen LogP contribution in [0, 0.1) is 0 Å². The minimum absolute atomic E-state index is 0.0308. The monoisotopic (exact) mass is 765 g/mol. The van der Waals surface area contributed by atoms with Crippen molar-refractivity contribution in [1.29, 1.82) is 0 Å². The number of nitrogens with zero attached hydrogens (tertiary/aromatic N) is 1. The van der Waals surface area contributed by atoms with E-state index >= 15 is 0 Å². The Morgan fingerprint density at radius 1 is 0.722 bits per heavy atom. The first-order valence-corrected chi connectivity index (χ1v) is 19.8. The molecule has 0 radical (unpaired) electrons. The predicted octanol–water partition coefficient (Wildman–Crippen LogP) is 7.92. The summed E-state index contributed by atoms with van der Waals surface area (Å²) in [6.45, 7) is 1.97. The van der Waals surface area contributed by atoms with Gasteiger partial charge < -0.3 is 20.8 Å². The summed E-state index contributed by atoms with van der Waals surface area (Å²) < 4.78 is 29.0. The van der Waals surface area contributed by atoms with E-state index in [0.717, 1.165) is 53.7 Å². The zero-order chi connectivity index (χ0) is 38.4. The molecule has 2 amide bonds. The van der Waals surface area contributed by atoms with Crippen molar-refractivity contribution >= 4 is 61.5 Å². The van der Waals surface area contributed by atoms with E-state index in [-0.39, 0.29) is 34.0 Å². The molecule has 0 bridgehead atoms. The summed E-state index contributed by atoms with van der Waals surface area (Å²) in [5.41, 5.74) is 4.64. The number of benzene rings is 4. The molecule has 1 aliphatic carbocycles. The molecule has 4 aromatic carbocycles. The molecule has 0 fully saturated rings. The average Bonchev–Trinajstić information content (AvgIpc) is 3.54. The number of aromatic carboxylic acids is 2. The topological polar surface area (TPSA) is 170 Å². The van der Waals surface area contributed by atoms with Gasteiger partial charge in [0.15, 0.2) is 0 Å². The minimum Gasteiger partial charge on any atom is -0.478 e. The van der Waals surface area contributed by atoms with Gasteiger partial charge in [-0.3, -0.25) is 13.9 Å². The van der Waals surface area contributed by atoms with Gasteiger partial charge in [-0.15, -0.1) is 11.3 Å². The quantitative estimate of drug-likeness (QED) is 0.0884. The second-order valence-corrected chi connectivity index (χ2v) is 15.9. The third-order valence-electron chi connectivity index (χ3n) is 9.25. The number of carboxylic acids is 2. The van der Waals surface area contributed by atoms with Crippen LogP contribution in [-0.4, -0.2) is 48.9 Å². The molecule has 4 N–H and O–H groups in total. The fourth-order valence-corrected chi connectivity index (χ4v) is 9.29. The minimum atomic E-state index is -4.14. The van der Waals surface area contributed by atoms with Gasteiger partial charge in [-0.05, 0) is 128 Å². The predicted molar refractivity (Wildman–Crippen MR) is 209 cm³/mol. The van der Waals surface area contributed by atoms with E-state index in [1.54, 1.807) is 12.1 Å². The molecule has 1 aromatic heterocycles. The van der Waals surface area contributed by atoms with Crippen LogP contribution >= 0.6 is 11.3 Å². The van der Waals surface area contributed by atoms with Crippen LogP contribution in [0.15, 0.2) is 102 Å². The summed E-state index contributed by atoms with van der Waals surface area (Å²) in [5, 5.41) is 24.7. The SMILES string of the molecule is CCCN(c1ccc(C(=O)O)cc1)S(=O)(=O)c1cccc(C(=O)Nc2sc3c(c2C(=O)Nc2ccc(CCc4ccc(C(=O)O)cc4)cc2)CCCC3)c1. The summed E-state index contributed by atoms with van der Waals surface area (Å²) >= 11 is 1.36. The summed E-state index contributed by atoms with van der Waals surface area (Å²) in [7, 11) is -4.14. The zero-order valence-electron chi connectivity index (χ0n) is 29.5. The van der Waals surface area contributed by atoms with Gasteiger partial charge >= 0.3 is 11.9 Å². The molecule has 0 unspecified atom stereocenters. The summed E-state index contributed by atoms with van der Waals surface area (Å²) in [6.07, 6.45) is 5.32. The third-order valence-corrected chi connectivity index (χ3v) is 12.3. The van der Waals surface area contributed by atoms with Crippen molar-refractivity contribution in [2.45, 2.75) is 56.8 Å². The van der Waals surface area contributed by atoms with E-state index in [1.807, 2.05) is 43.3 Å². The molecule has 0 saturated carbocycles. The highest BCUT2D eigenvalue weighted by molar-refractivity contribution is 7.92. The summed E-state index contributed by atoms with van der Waals surface area (Å²) in [5.74, 6) is -3.00. The van der Waals surface area contributed by atoms with Gasteiger partial charge in [0.25, 0.3) is 21.8 Å². The van der Waals surface area contributed by atoms with Crippen LogP contribution in [0.3, 0.4) is 0 Å². The van der Waals surface area contributed by atoms with Crippen molar-refractivity contribution in [3.05, 3.63) is 141 Å². The second-order valence-electron chi connectivity index (χ2n) is 13.0. The van der Waals surface area contributed by atoms with Crippen LogP contribution < -0.4 is 14.9 Å². The van der Waals surface area contributed by atoms with Crippen LogP contribution in [0.25, 0.3) is 0 Å². The van der Waals surface area contributed by atoms with E-state index in [9.17, 15) is 32.7 Å². The van der Waals surface area contributed by atoms with Gasteiger partial charge in [-0.1, -0.05) is 37.3 Å². The lowest BCUT2D eigenvalue weighted by molar-refractivity contribution is 0.0686. The van der Waals surface area contributed by atoms with E-state index < -0.39 is 27.9 Å². The molecular formula is C41H39N3O8S2. The van der Waals surface area contributed by atoms with Gasteiger partial charge in [0.1, 0.15) is 5.00 Å². The number of sulfonamides is 1. The Morgan fingerprint density at radius 2 is 1.31 bits per heavy atom. The normalized spacial score (nSPS) is 12.4. The van der Waals surface area contributed by atoms with Crippen molar-refractivity contribution in [3.8, 4) is 0 Å². The van der Waals surface area contributed by atoms with E-state index in [2.05, 4.69) is 10.6 Å². The second kappa shape index (κ2) is 16.5. The van der Waals surface area contributed by atoms with Gasteiger partial charge in [-0.25, -0.2) is 18.0 Å². The van der Waals surface area contributed by atoms with Gasteiger partial charge in [0.2, 0.25) is 0 Å². The van der Waals surface area contributed by atoms with Crippen LogP contribution in [0.2, 0.25) is 0 Å². The first-order valence-electron chi connectivity index (χ1n) is 17.6. The summed E-state index contributed by atoms with van der Waals surface area (Å²) in [6, 6.07) is 25.6. The lowest BCUT2D eigenvalue weighted by atomic mass is 9.95. The Balaban J connectivity index is 1.18. The molecule has 11 nitrogen and oxygen atoms in total. The maximum absolute atomic E-state index is 13.9. The first kappa shape index (κ1) is 38.0. The molecule has 0 saturated heterocycles. The number of aryl methyl sites for hydroxylation is 3. The summed E-state index contributed by atoms with van der Waals surface area (Å²) in [4.78, 5) is 51.0. The number of nitrogens with one attached hydrogen (secondary N) is 2. The number of carbonyl (C=O) groups is 4. The molecule has 0 atom stereocenters. The number of carboxylic acid groups (broad SMARTS) is 2. The Hall–Kier alpha value is -5.79. The number of hydrogen-bond acceptors (Lipinski definition) is 7. The maximum atomic E-state index is 13.9. The number of carbonyl (C=O) groups excluding carboxylic acids is 2. The van der Waals surface area contributed by atoms with Crippen molar-refractivity contribution in [2.75, 3.05) is 21.5 Å². The molecule has 1 aliphatic rings. The number of rotatable bonds is 14.